The van der Waals surface area contributed by atoms with Gasteiger partial charge in [-0.2, -0.15) is 15.3 Å². The quantitative estimate of drug-likeness (QED) is 0.587. The summed E-state index contributed by atoms with van der Waals surface area (Å²) < 4.78 is 0. The van der Waals surface area contributed by atoms with Crippen molar-refractivity contribution in [2.45, 2.75) is 0 Å². The lowest BCUT2D eigenvalue weighted by Gasteiger charge is -2.09. The van der Waals surface area contributed by atoms with Gasteiger partial charge in [-0.15, -0.1) is 11.3 Å². The Labute approximate surface area is 78.6 Å². The summed E-state index contributed by atoms with van der Waals surface area (Å²) in [6.07, 6.45) is 0. The van der Waals surface area contributed by atoms with Crippen LogP contribution in [0.5, 0.6) is 0 Å². The van der Waals surface area contributed by atoms with E-state index in [0.29, 0.717) is 5.69 Å². The second-order valence-electron chi connectivity index (χ2n) is 2.05. The molecule has 0 bridgehead atoms. The Morgan fingerprint density at radius 1 is 1.46 bits per heavy atom. The van der Waals surface area contributed by atoms with E-state index in [-0.39, 0.29) is 5.56 Å². The molecule has 0 atom stereocenters. The zero-order valence-corrected chi connectivity index (χ0v) is 7.49. The summed E-state index contributed by atoms with van der Waals surface area (Å²) in [6.45, 7) is 6.48. The molecule has 0 aliphatic heterocycles. The average Bonchev–Trinajstić information content (AvgIpc) is 2.55. The van der Waals surface area contributed by atoms with Crippen molar-refractivity contribution in [1.82, 2.24) is 0 Å². The number of rotatable bonds is 4. The highest BCUT2D eigenvalue weighted by atomic mass is 32.1. The third-order valence-electron chi connectivity index (χ3n) is 1.36. The van der Waals surface area contributed by atoms with Crippen molar-refractivity contribution in [2.24, 2.45) is 10.2 Å². The van der Waals surface area contributed by atoms with Gasteiger partial charge in [-0.05, 0) is 0 Å². The van der Waals surface area contributed by atoms with Crippen LogP contribution in [-0.2, 0) is 0 Å². The molecule has 13 heavy (non-hydrogen) atoms. The highest BCUT2D eigenvalue weighted by Gasteiger charge is 2.15. The van der Waals surface area contributed by atoms with Crippen LogP contribution < -0.4 is 5.12 Å². The van der Waals surface area contributed by atoms with Crippen molar-refractivity contribution in [1.29, 1.82) is 0 Å². The van der Waals surface area contributed by atoms with Crippen molar-refractivity contribution in [2.75, 3.05) is 5.12 Å². The fraction of sp³-hybridized carbons (Fsp3) is 0. The molecule has 1 N–H and O–H groups in total. The topological polar surface area (TPSA) is 65.3 Å². The summed E-state index contributed by atoms with van der Waals surface area (Å²) in [4.78, 5) is 10.7. The average molecular weight is 197 g/mol. The van der Waals surface area contributed by atoms with Gasteiger partial charge >= 0.3 is 5.97 Å². The van der Waals surface area contributed by atoms with Crippen molar-refractivity contribution in [3.05, 3.63) is 16.3 Å². The van der Waals surface area contributed by atoms with Gasteiger partial charge in [0.2, 0.25) is 0 Å². The van der Waals surface area contributed by atoms with Crippen molar-refractivity contribution < 1.29 is 9.90 Å². The Morgan fingerprint density at radius 3 is 2.54 bits per heavy atom. The van der Waals surface area contributed by atoms with E-state index in [4.69, 9.17) is 5.11 Å². The molecule has 1 aromatic heterocycles. The summed E-state index contributed by atoms with van der Waals surface area (Å²) in [5.41, 5.74) is 0.521. The van der Waals surface area contributed by atoms with E-state index < -0.39 is 5.97 Å². The van der Waals surface area contributed by atoms with Crippen molar-refractivity contribution >= 4 is 36.4 Å². The molecule has 0 aliphatic carbocycles. The normalized spacial score (nSPS) is 9.23. The molecule has 0 aromatic carbocycles. The molecule has 6 heteroatoms. The zero-order chi connectivity index (χ0) is 9.84. The summed E-state index contributed by atoms with van der Waals surface area (Å²) >= 11 is 1.26. The number of carboxylic acids is 1. The Kier molecular flexibility index (Phi) is 2.76. The number of hydrazone groups is 2. The van der Waals surface area contributed by atoms with E-state index in [2.05, 4.69) is 23.6 Å². The maximum Gasteiger partial charge on any atom is 0.338 e. The first-order valence-electron chi connectivity index (χ1n) is 3.23. The third kappa shape index (κ3) is 1.73. The van der Waals surface area contributed by atoms with Crippen LogP contribution in [0.1, 0.15) is 10.4 Å². The maximum atomic E-state index is 10.7. The summed E-state index contributed by atoms with van der Waals surface area (Å²) in [5.74, 6) is -1.02. The van der Waals surface area contributed by atoms with Gasteiger partial charge in [-0.25, -0.2) is 4.79 Å². The number of carboxylic acid groups (broad SMARTS) is 1. The molecule has 1 aromatic rings. The van der Waals surface area contributed by atoms with Crippen LogP contribution in [0.4, 0.5) is 5.69 Å². The predicted molar refractivity (Wildman–Crippen MR) is 52.9 cm³/mol. The second-order valence-corrected chi connectivity index (χ2v) is 2.79. The molecule has 0 fully saturated rings. The molecule has 1 rings (SSSR count). The number of nitrogens with zero attached hydrogens (tertiary/aromatic N) is 3. The van der Waals surface area contributed by atoms with Gasteiger partial charge in [0.15, 0.2) is 0 Å². The Balaban J connectivity index is 3.12. The SMILES string of the molecule is C=NN(N=C)c1cscc1C(=O)O. The molecule has 5 nitrogen and oxygen atoms in total. The van der Waals surface area contributed by atoms with Gasteiger partial charge in [0.25, 0.3) is 0 Å². The maximum absolute atomic E-state index is 10.7. The predicted octanol–water partition coefficient (Wildman–Crippen LogP) is 1.48. The highest BCUT2D eigenvalue weighted by Crippen LogP contribution is 2.25. The molecule has 68 valence electrons. The molecule has 0 spiro atoms. The van der Waals surface area contributed by atoms with Gasteiger partial charge in [0.05, 0.1) is 5.56 Å². The molecule has 0 saturated heterocycles. The van der Waals surface area contributed by atoms with E-state index >= 15 is 0 Å². The Hall–Kier alpha value is -1.69. The van der Waals surface area contributed by atoms with Gasteiger partial charge in [0, 0.05) is 24.2 Å². The first-order chi connectivity index (χ1) is 6.20. The minimum Gasteiger partial charge on any atom is -0.478 e. The molecular formula is C7H7N3O2S. The van der Waals surface area contributed by atoms with E-state index in [9.17, 15) is 4.79 Å². The molecule has 1 heterocycles. The summed E-state index contributed by atoms with van der Waals surface area (Å²) in [5, 5.41) is 19.9. The zero-order valence-electron chi connectivity index (χ0n) is 6.67. The first kappa shape index (κ1) is 9.40. The van der Waals surface area contributed by atoms with Crippen LogP contribution in [0.25, 0.3) is 0 Å². The number of anilines is 1. The number of carbonyl (C=O) groups is 1. The Morgan fingerprint density at radius 2 is 2.08 bits per heavy atom. The fourth-order valence-electron chi connectivity index (χ4n) is 0.802. The number of hydrogen-bond acceptors (Lipinski definition) is 5. The molecule has 0 radical (unpaired) electrons. The minimum absolute atomic E-state index is 0.143. The summed E-state index contributed by atoms with van der Waals surface area (Å²) in [6, 6.07) is 0. The fourth-order valence-corrected chi connectivity index (χ4v) is 1.58. The van der Waals surface area contributed by atoms with E-state index in [1.807, 2.05) is 0 Å². The number of hydrogen-bond donors (Lipinski definition) is 1. The minimum atomic E-state index is -1.02. The number of aromatic carboxylic acids is 1. The van der Waals surface area contributed by atoms with Crippen LogP contribution in [-0.4, -0.2) is 24.5 Å². The second kappa shape index (κ2) is 3.81. The monoisotopic (exact) mass is 197 g/mol. The van der Waals surface area contributed by atoms with Crippen LogP contribution in [0.15, 0.2) is 21.0 Å². The van der Waals surface area contributed by atoms with Gasteiger partial charge in [0.1, 0.15) is 5.69 Å². The molecule has 0 unspecified atom stereocenters. The lowest BCUT2D eigenvalue weighted by atomic mass is 10.3. The summed E-state index contributed by atoms with van der Waals surface area (Å²) in [7, 11) is 0. The van der Waals surface area contributed by atoms with Crippen molar-refractivity contribution in [3.63, 3.8) is 0 Å². The van der Waals surface area contributed by atoms with Crippen LogP contribution >= 0.6 is 11.3 Å². The standard InChI is InChI=1S/C7H7N3O2S/c1-8-10(9-2)6-4-13-3-5(6)7(11)12/h3-4H,1-2H2,(H,11,12). The van der Waals surface area contributed by atoms with Gasteiger partial charge in [-0.3, -0.25) is 0 Å². The largest absolute Gasteiger partial charge is 0.478 e. The van der Waals surface area contributed by atoms with Gasteiger partial charge < -0.3 is 5.11 Å². The smallest absolute Gasteiger partial charge is 0.338 e. The van der Waals surface area contributed by atoms with Gasteiger partial charge in [-0.1, -0.05) is 0 Å². The van der Waals surface area contributed by atoms with Crippen LogP contribution in [0, 0.1) is 0 Å². The number of thiophene rings is 1. The molecule has 0 amide bonds. The van der Waals surface area contributed by atoms with Crippen molar-refractivity contribution in [3.8, 4) is 0 Å². The first-order valence-corrected chi connectivity index (χ1v) is 4.18. The molecular weight excluding hydrogens is 190 g/mol. The van der Waals surface area contributed by atoms with Crippen LogP contribution in [0.2, 0.25) is 0 Å². The van der Waals surface area contributed by atoms with E-state index in [1.54, 1.807) is 5.38 Å². The van der Waals surface area contributed by atoms with E-state index in [0.717, 1.165) is 5.12 Å². The lowest BCUT2D eigenvalue weighted by Crippen LogP contribution is -2.09. The van der Waals surface area contributed by atoms with E-state index in [1.165, 1.54) is 16.7 Å². The highest BCUT2D eigenvalue weighted by molar-refractivity contribution is 7.08. The Bertz CT molecular complexity index is 339. The molecule has 0 aliphatic rings. The third-order valence-corrected chi connectivity index (χ3v) is 2.09. The lowest BCUT2D eigenvalue weighted by molar-refractivity contribution is 0.0698. The molecule has 0 saturated carbocycles. The van der Waals surface area contributed by atoms with Crippen LogP contribution in [0.3, 0.4) is 0 Å².